The molecule has 2 nitrogen and oxygen atoms in total. The Morgan fingerprint density at radius 1 is 1.00 bits per heavy atom. The van der Waals surface area contributed by atoms with Gasteiger partial charge in [0.25, 0.3) is 0 Å². The highest BCUT2D eigenvalue weighted by Gasteiger charge is 2.05. The molecule has 2 heteroatoms. The van der Waals surface area contributed by atoms with Crippen LogP contribution < -0.4 is 0 Å². The summed E-state index contributed by atoms with van der Waals surface area (Å²) in [6.07, 6.45) is 16.9. The minimum absolute atomic E-state index is 1.02. The van der Waals surface area contributed by atoms with Crippen molar-refractivity contribution in [3.63, 3.8) is 0 Å². The molecule has 0 bridgehead atoms. The third-order valence-electron chi connectivity index (χ3n) is 2.89. The van der Waals surface area contributed by atoms with Gasteiger partial charge in [-0.3, -0.25) is 0 Å². The molecule has 0 N–H and O–H groups in total. The van der Waals surface area contributed by atoms with Gasteiger partial charge in [0.05, 0.1) is 0 Å². The van der Waals surface area contributed by atoms with Crippen LogP contribution >= 0.6 is 0 Å². The van der Waals surface area contributed by atoms with Crippen LogP contribution in [0.15, 0.2) is 28.6 Å². The SMILES string of the molecule is [C](=N\OC1=CCCCC1)/C1=CCCCC1. The Kier molecular flexibility index (Phi) is 4.01. The van der Waals surface area contributed by atoms with Gasteiger partial charge in [0.2, 0.25) is 0 Å². The van der Waals surface area contributed by atoms with Crippen molar-refractivity contribution in [3.05, 3.63) is 23.5 Å². The van der Waals surface area contributed by atoms with E-state index in [1.54, 1.807) is 0 Å². The topological polar surface area (TPSA) is 21.6 Å². The van der Waals surface area contributed by atoms with Gasteiger partial charge in [-0.2, -0.15) is 0 Å². The molecule has 0 aliphatic heterocycles. The second-order valence-corrected chi connectivity index (χ2v) is 4.19. The van der Waals surface area contributed by atoms with Crippen LogP contribution in [0.4, 0.5) is 0 Å². The molecule has 0 aromatic carbocycles. The summed E-state index contributed by atoms with van der Waals surface area (Å²) in [5.41, 5.74) is 1.21. The van der Waals surface area contributed by atoms with Crippen molar-refractivity contribution in [2.45, 2.75) is 51.4 Å². The van der Waals surface area contributed by atoms with Gasteiger partial charge in [0.1, 0.15) is 12.0 Å². The van der Waals surface area contributed by atoms with Crippen LogP contribution in [0.5, 0.6) is 0 Å². The second kappa shape index (κ2) is 5.74. The summed E-state index contributed by atoms with van der Waals surface area (Å²) in [5.74, 6) is 1.02. The maximum Gasteiger partial charge on any atom is 0.135 e. The summed E-state index contributed by atoms with van der Waals surface area (Å²) in [6, 6.07) is 0. The molecular formula is C13H18NO. The Morgan fingerprint density at radius 2 is 1.80 bits per heavy atom. The number of hydrogen-bond acceptors (Lipinski definition) is 2. The molecule has 0 aromatic heterocycles. The van der Waals surface area contributed by atoms with E-state index < -0.39 is 0 Å². The van der Waals surface area contributed by atoms with E-state index in [0.29, 0.717) is 0 Å². The van der Waals surface area contributed by atoms with Crippen LogP contribution in [0.2, 0.25) is 0 Å². The van der Waals surface area contributed by atoms with Crippen molar-refractivity contribution in [3.8, 4) is 0 Å². The molecule has 2 rings (SSSR count). The van der Waals surface area contributed by atoms with Crippen LogP contribution in [0.3, 0.4) is 0 Å². The molecule has 2 aliphatic rings. The van der Waals surface area contributed by atoms with Crippen LogP contribution in [-0.2, 0) is 4.84 Å². The number of rotatable bonds is 3. The van der Waals surface area contributed by atoms with E-state index in [4.69, 9.17) is 4.84 Å². The molecule has 81 valence electrons. The van der Waals surface area contributed by atoms with Gasteiger partial charge in [-0.1, -0.05) is 11.2 Å². The van der Waals surface area contributed by atoms with E-state index in [1.807, 2.05) is 0 Å². The smallest absolute Gasteiger partial charge is 0.135 e. The molecule has 0 heterocycles. The lowest BCUT2D eigenvalue weighted by atomic mass is 10.0. The Bertz CT molecular complexity index is 289. The van der Waals surface area contributed by atoms with Gasteiger partial charge in [-0.15, -0.1) is 0 Å². The van der Waals surface area contributed by atoms with Crippen LogP contribution in [0.25, 0.3) is 0 Å². The summed E-state index contributed by atoms with van der Waals surface area (Å²) in [7, 11) is 0. The van der Waals surface area contributed by atoms with Gasteiger partial charge in [-0.05, 0) is 56.6 Å². The zero-order valence-corrected chi connectivity index (χ0v) is 9.17. The van der Waals surface area contributed by atoms with Gasteiger partial charge in [0.15, 0.2) is 0 Å². The zero-order valence-electron chi connectivity index (χ0n) is 9.17. The Balaban J connectivity index is 1.78. The molecule has 0 spiro atoms. The fourth-order valence-electron chi connectivity index (χ4n) is 1.97. The summed E-state index contributed by atoms with van der Waals surface area (Å²) >= 11 is 0. The lowest BCUT2D eigenvalue weighted by Gasteiger charge is -2.10. The van der Waals surface area contributed by atoms with E-state index in [2.05, 4.69) is 23.5 Å². The Hall–Kier alpha value is -1.05. The van der Waals surface area contributed by atoms with Gasteiger partial charge in [0, 0.05) is 6.42 Å². The monoisotopic (exact) mass is 204 g/mol. The average Bonchev–Trinajstić information content (AvgIpc) is 2.32. The Morgan fingerprint density at radius 3 is 2.47 bits per heavy atom. The quantitative estimate of drug-likeness (QED) is 0.506. The molecule has 0 amide bonds. The predicted molar refractivity (Wildman–Crippen MR) is 61.6 cm³/mol. The molecule has 0 aromatic rings. The molecular weight excluding hydrogens is 186 g/mol. The average molecular weight is 204 g/mol. The fraction of sp³-hybridized carbons (Fsp3) is 0.615. The molecule has 2 aliphatic carbocycles. The van der Waals surface area contributed by atoms with Crippen molar-refractivity contribution < 1.29 is 4.84 Å². The van der Waals surface area contributed by atoms with Gasteiger partial charge >= 0.3 is 0 Å². The fourth-order valence-corrected chi connectivity index (χ4v) is 1.97. The van der Waals surface area contributed by atoms with E-state index >= 15 is 0 Å². The molecule has 0 atom stereocenters. The second-order valence-electron chi connectivity index (χ2n) is 4.19. The summed E-state index contributed by atoms with van der Waals surface area (Å²) in [6.45, 7) is 0. The molecule has 15 heavy (non-hydrogen) atoms. The van der Waals surface area contributed by atoms with Crippen molar-refractivity contribution in [1.29, 1.82) is 0 Å². The standard InChI is InChI=1S/C13H18NO/c1-3-7-12(8-4-1)11-14-15-13-9-5-2-6-10-13/h7,9H,1-6,8,10H2. The van der Waals surface area contributed by atoms with E-state index in [-0.39, 0.29) is 0 Å². The van der Waals surface area contributed by atoms with E-state index in [0.717, 1.165) is 25.0 Å². The molecule has 0 saturated heterocycles. The summed E-state index contributed by atoms with van der Waals surface area (Å²) in [4.78, 5) is 5.32. The highest BCUT2D eigenvalue weighted by atomic mass is 16.6. The maximum atomic E-state index is 5.32. The molecule has 0 unspecified atom stereocenters. The van der Waals surface area contributed by atoms with Crippen LogP contribution in [0.1, 0.15) is 51.4 Å². The normalized spacial score (nSPS) is 22.4. The minimum atomic E-state index is 1.02. The number of allylic oxidation sites excluding steroid dienone is 4. The van der Waals surface area contributed by atoms with Gasteiger partial charge in [-0.25, -0.2) is 0 Å². The first-order valence-electron chi connectivity index (χ1n) is 5.96. The molecule has 0 saturated carbocycles. The van der Waals surface area contributed by atoms with Crippen LogP contribution in [-0.4, -0.2) is 6.21 Å². The first kappa shape index (κ1) is 10.5. The summed E-state index contributed by atoms with van der Waals surface area (Å²) in [5, 5.41) is 3.93. The number of hydrogen-bond donors (Lipinski definition) is 0. The minimum Gasteiger partial charge on any atom is -0.361 e. The van der Waals surface area contributed by atoms with Crippen molar-refractivity contribution in [1.82, 2.24) is 0 Å². The zero-order chi connectivity index (χ0) is 10.3. The highest BCUT2D eigenvalue weighted by molar-refractivity contribution is 5.78. The Labute approximate surface area is 91.7 Å². The predicted octanol–water partition coefficient (Wildman–Crippen LogP) is 3.82. The molecule has 0 fully saturated rings. The third-order valence-corrected chi connectivity index (χ3v) is 2.89. The number of nitrogens with zero attached hydrogens (tertiary/aromatic N) is 1. The molecule has 1 radical (unpaired) electrons. The van der Waals surface area contributed by atoms with E-state index in [9.17, 15) is 0 Å². The first-order chi connectivity index (χ1) is 7.45. The van der Waals surface area contributed by atoms with Gasteiger partial charge < -0.3 is 4.84 Å². The third kappa shape index (κ3) is 3.54. The van der Waals surface area contributed by atoms with Crippen molar-refractivity contribution >= 4 is 6.21 Å². The lowest BCUT2D eigenvalue weighted by Crippen LogP contribution is -1.96. The lowest BCUT2D eigenvalue weighted by molar-refractivity contribution is 0.210. The van der Waals surface area contributed by atoms with Crippen molar-refractivity contribution in [2.24, 2.45) is 5.16 Å². The van der Waals surface area contributed by atoms with Crippen molar-refractivity contribution in [2.75, 3.05) is 0 Å². The summed E-state index contributed by atoms with van der Waals surface area (Å²) < 4.78 is 0. The van der Waals surface area contributed by atoms with E-state index in [1.165, 1.54) is 37.7 Å². The largest absolute Gasteiger partial charge is 0.361 e. The maximum absolute atomic E-state index is 5.32. The first-order valence-corrected chi connectivity index (χ1v) is 5.96. The van der Waals surface area contributed by atoms with Crippen LogP contribution in [0, 0.1) is 0 Å². The highest BCUT2D eigenvalue weighted by Crippen LogP contribution is 2.19.